The first kappa shape index (κ1) is 14.7. The van der Waals surface area contributed by atoms with Gasteiger partial charge in [0.05, 0.1) is 12.3 Å². The molecule has 0 saturated carbocycles. The van der Waals surface area contributed by atoms with Gasteiger partial charge in [-0.05, 0) is 18.6 Å². The van der Waals surface area contributed by atoms with Crippen LogP contribution in [0.3, 0.4) is 0 Å². The molecule has 1 aromatic rings. The van der Waals surface area contributed by atoms with Crippen molar-refractivity contribution in [2.75, 3.05) is 39.2 Å². The molecule has 1 atom stereocenters. The summed E-state index contributed by atoms with van der Waals surface area (Å²) in [5.41, 5.74) is 0.874. The van der Waals surface area contributed by atoms with E-state index in [1.54, 1.807) is 12.0 Å². The molecule has 0 radical (unpaired) electrons. The lowest BCUT2D eigenvalue weighted by Gasteiger charge is -2.17. The van der Waals surface area contributed by atoms with E-state index in [2.05, 4.69) is 5.32 Å². The molecule has 1 saturated heterocycles. The first-order chi connectivity index (χ1) is 9.72. The highest BCUT2D eigenvalue weighted by Crippen LogP contribution is 2.26. The summed E-state index contributed by atoms with van der Waals surface area (Å²) in [4.78, 5) is 13.7. The first-order valence-electron chi connectivity index (χ1n) is 6.94. The van der Waals surface area contributed by atoms with Crippen LogP contribution in [0.25, 0.3) is 0 Å². The Labute approximate surface area is 119 Å². The minimum atomic E-state index is -0.149. The molecule has 1 aliphatic heterocycles. The third-order valence-corrected chi connectivity index (χ3v) is 3.39. The quantitative estimate of drug-likeness (QED) is 0.772. The van der Waals surface area contributed by atoms with Crippen molar-refractivity contribution in [3.63, 3.8) is 0 Å². The monoisotopic (exact) mass is 278 g/mol. The van der Waals surface area contributed by atoms with Crippen LogP contribution in [0.1, 0.15) is 12.8 Å². The van der Waals surface area contributed by atoms with E-state index in [1.165, 1.54) is 0 Å². The minimum absolute atomic E-state index is 0.138. The van der Waals surface area contributed by atoms with Gasteiger partial charge in [0, 0.05) is 33.7 Å². The fraction of sp³-hybridized carbons (Fsp3) is 0.533. The Bertz CT molecular complexity index is 450. The van der Waals surface area contributed by atoms with E-state index in [9.17, 15) is 4.79 Å². The Hall–Kier alpha value is -1.75. The molecule has 110 valence electrons. The van der Waals surface area contributed by atoms with Crippen molar-refractivity contribution >= 4 is 11.6 Å². The molecule has 2 rings (SSSR count). The zero-order valence-electron chi connectivity index (χ0n) is 12.1. The molecule has 0 bridgehead atoms. The predicted molar refractivity (Wildman–Crippen MR) is 78.1 cm³/mol. The molecule has 0 aliphatic carbocycles. The number of hydrogen-bond donors (Lipinski definition) is 1. The van der Waals surface area contributed by atoms with E-state index >= 15 is 0 Å². The van der Waals surface area contributed by atoms with E-state index in [0.29, 0.717) is 13.2 Å². The lowest BCUT2D eigenvalue weighted by molar-refractivity contribution is -0.127. The van der Waals surface area contributed by atoms with Crippen LogP contribution in [0, 0.1) is 0 Å². The molecule has 20 heavy (non-hydrogen) atoms. The third-order valence-electron chi connectivity index (χ3n) is 3.39. The lowest BCUT2D eigenvalue weighted by Crippen LogP contribution is -2.31. The fourth-order valence-electron chi connectivity index (χ4n) is 2.24. The molecule has 1 aromatic carbocycles. The number of para-hydroxylation sites is 2. The number of ether oxygens (including phenoxy) is 2. The first-order valence-corrected chi connectivity index (χ1v) is 6.94. The number of anilines is 1. The number of nitrogens with zero attached hydrogens (tertiary/aromatic N) is 1. The average molecular weight is 278 g/mol. The van der Waals surface area contributed by atoms with Gasteiger partial charge in [-0.15, -0.1) is 0 Å². The Balaban J connectivity index is 1.95. The van der Waals surface area contributed by atoms with Crippen molar-refractivity contribution < 1.29 is 14.3 Å². The number of likely N-dealkylation sites (tertiary alicyclic amines) is 1. The van der Waals surface area contributed by atoms with E-state index in [4.69, 9.17) is 9.47 Å². The van der Waals surface area contributed by atoms with Crippen molar-refractivity contribution in [3.05, 3.63) is 24.3 Å². The van der Waals surface area contributed by atoms with Crippen LogP contribution >= 0.6 is 0 Å². The summed E-state index contributed by atoms with van der Waals surface area (Å²) >= 11 is 0. The molecule has 5 heteroatoms. The second kappa shape index (κ2) is 7.14. The maximum absolute atomic E-state index is 11.9. The number of likely N-dealkylation sites (N-methyl/N-ethyl adjacent to an activating group) is 1. The van der Waals surface area contributed by atoms with Crippen molar-refractivity contribution in [3.8, 4) is 5.75 Å². The number of nitrogens with one attached hydrogen (secondary N) is 1. The molecule has 0 aromatic heterocycles. The van der Waals surface area contributed by atoms with Crippen molar-refractivity contribution in [1.29, 1.82) is 0 Å². The van der Waals surface area contributed by atoms with Gasteiger partial charge in [-0.1, -0.05) is 12.1 Å². The molecule has 5 nitrogen and oxygen atoms in total. The fourth-order valence-corrected chi connectivity index (χ4v) is 2.24. The van der Waals surface area contributed by atoms with Gasteiger partial charge in [-0.25, -0.2) is 0 Å². The second-order valence-corrected chi connectivity index (χ2v) is 4.94. The van der Waals surface area contributed by atoms with Crippen LogP contribution in [-0.4, -0.2) is 50.8 Å². The standard InChI is InChI=1S/C15H22N2O3/c1-17-9-8-13(15(17)18)16-12-6-3-4-7-14(12)20-11-5-10-19-2/h3-4,6-7,13,16H,5,8-11H2,1-2H3. The van der Waals surface area contributed by atoms with Gasteiger partial charge in [0.25, 0.3) is 0 Å². The molecule has 0 spiro atoms. The molecule has 1 N–H and O–H groups in total. The Morgan fingerprint density at radius 3 is 2.85 bits per heavy atom. The number of amides is 1. The summed E-state index contributed by atoms with van der Waals surface area (Å²) in [5.74, 6) is 0.921. The summed E-state index contributed by atoms with van der Waals surface area (Å²) in [6, 6.07) is 7.58. The SMILES string of the molecule is COCCCOc1ccccc1NC1CCN(C)C1=O. The zero-order chi connectivity index (χ0) is 14.4. The van der Waals surface area contributed by atoms with Crippen molar-refractivity contribution in [2.45, 2.75) is 18.9 Å². The van der Waals surface area contributed by atoms with Crippen LogP contribution < -0.4 is 10.1 Å². The van der Waals surface area contributed by atoms with Gasteiger partial charge < -0.3 is 19.7 Å². The highest BCUT2D eigenvalue weighted by Gasteiger charge is 2.29. The third kappa shape index (κ3) is 3.63. The molecular weight excluding hydrogens is 256 g/mol. The number of carbonyl (C=O) groups is 1. The van der Waals surface area contributed by atoms with Crippen LogP contribution in [0.5, 0.6) is 5.75 Å². The Kier molecular flexibility index (Phi) is 5.24. The Morgan fingerprint density at radius 2 is 2.15 bits per heavy atom. The van der Waals surface area contributed by atoms with Crippen LogP contribution in [0.4, 0.5) is 5.69 Å². The molecule has 1 unspecified atom stereocenters. The predicted octanol–water partition coefficient (Wildman–Crippen LogP) is 1.74. The number of hydrogen-bond acceptors (Lipinski definition) is 4. The molecule has 1 amide bonds. The maximum Gasteiger partial charge on any atom is 0.244 e. The van der Waals surface area contributed by atoms with Gasteiger partial charge in [-0.3, -0.25) is 4.79 Å². The smallest absolute Gasteiger partial charge is 0.244 e. The lowest BCUT2D eigenvalue weighted by atomic mass is 10.2. The van der Waals surface area contributed by atoms with Crippen LogP contribution in [-0.2, 0) is 9.53 Å². The molecular formula is C15H22N2O3. The van der Waals surface area contributed by atoms with Gasteiger partial charge in [0.2, 0.25) is 5.91 Å². The summed E-state index contributed by atoms with van der Waals surface area (Å²) < 4.78 is 10.7. The second-order valence-electron chi connectivity index (χ2n) is 4.94. The number of methoxy groups -OCH3 is 1. The summed E-state index contributed by atoms with van der Waals surface area (Å²) in [5, 5.41) is 3.28. The van der Waals surface area contributed by atoms with Gasteiger partial charge in [0.1, 0.15) is 11.8 Å². The summed E-state index contributed by atoms with van der Waals surface area (Å²) in [7, 11) is 3.51. The zero-order valence-corrected chi connectivity index (χ0v) is 12.1. The van der Waals surface area contributed by atoms with Crippen LogP contribution in [0.2, 0.25) is 0 Å². The largest absolute Gasteiger partial charge is 0.491 e. The van der Waals surface area contributed by atoms with Gasteiger partial charge in [0.15, 0.2) is 0 Å². The number of carbonyl (C=O) groups excluding carboxylic acids is 1. The van der Waals surface area contributed by atoms with E-state index in [-0.39, 0.29) is 11.9 Å². The summed E-state index contributed by atoms with van der Waals surface area (Å²) in [6.45, 7) is 2.08. The van der Waals surface area contributed by atoms with E-state index in [1.807, 2.05) is 31.3 Å². The topological polar surface area (TPSA) is 50.8 Å². The van der Waals surface area contributed by atoms with Crippen LogP contribution in [0.15, 0.2) is 24.3 Å². The number of rotatable bonds is 7. The van der Waals surface area contributed by atoms with Gasteiger partial charge >= 0.3 is 0 Å². The molecule has 1 fully saturated rings. The summed E-state index contributed by atoms with van der Waals surface area (Å²) in [6.07, 6.45) is 1.67. The van der Waals surface area contributed by atoms with E-state index < -0.39 is 0 Å². The Morgan fingerprint density at radius 1 is 1.35 bits per heavy atom. The highest BCUT2D eigenvalue weighted by atomic mass is 16.5. The molecule has 1 heterocycles. The maximum atomic E-state index is 11.9. The minimum Gasteiger partial charge on any atom is -0.491 e. The normalized spacial score (nSPS) is 18.4. The average Bonchev–Trinajstić information content (AvgIpc) is 2.77. The number of benzene rings is 1. The molecule has 1 aliphatic rings. The van der Waals surface area contributed by atoms with E-state index in [0.717, 1.165) is 30.8 Å². The van der Waals surface area contributed by atoms with Crippen molar-refractivity contribution in [1.82, 2.24) is 4.90 Å². The van der Waals surface area contributed by atoms with Crippen molar-refractivity contribution in [2.24, 2.45) is 0 Å². The highest BCUT2D eigenvalue weighted by molar-refractivity contribution is 5.86. The van der Waals surface area contributed by atoms with Gasteiger partial charge in [-0.2, -0.15) is 0 Å².